The number of amides is 2. The van der Waals surface area contributed by atoms with Crippen LogP contribution in [0.15, 0.2) is 24.3 Å². The van der Waals surface area contributed by atoms with Gasteiger partial charge in [0.1, 0.15) is 5.60 Å². The molecule has 0 aliphatic carbocycles. The first kappa shape index (κ1) is 18.3. The Kier molecular flexibility index (Phi) is 5.52. The maximum absolute atomic E-state index is 12.7. The number of hydrogen-bond donors (Lipinski definition) is 1. The van der Waals surface area contributed by atoms with Gasteiger partial charge in [0.05, 0.1) is 0 Å². The van der Waals surface area contributed by atoms with Crippen molar-refractivity contribution < 1.29 is 14.3 Å². The predicted molar refractivity (Wildman–Crippen MR) is 95.1 cm³/mol. The minimum Gasteiger partial charge on any atom is -0.444 e. The fourth-order valence-electron chi connectivity index (χ4n) is 3.16. The van der Waals surface area contributed by atoms with Gasteiger partial charge in [-0.3, -0.25) is 10.1 Å². The summed E-state index contributed by atoms with van der Waals surface area (Å²) in [6.07, 6.45) is 0.636. The first-order valence-corrected chi connectivity index (χ1v) is 8.53. The lowest BCUT2D eigenvalue weighted by Gasteiger charge is -2.35. The fourth-order valence-corrected chi connectivity index (χ4v) is 3.16. The van der Waals surface area contributed by atoms with Gasteiger partial charge in [0, 0.05) is 24.3 Å². The molecule has 2 amide bonds. The molecule has 1 heterocycles. The molecule has 0 saturated carbocycles. The molecule has 1 aliphatic rings. The maximum Gasteiger partial charge on any atom is 0.412 e. The minimum atomic E-state index is -0.558. The van der Waals surface area contributed by atoms with Crippen molar-refractivity contribution in [3.8, 4) is 0 Å². The van der Waals surface area contributed by atoms with E-state index in [0.717, 1.165) is 19.5 Å². The number of likely N-dealkylation sites (tertiary alicyclic amines) is 1. The van der Waals surface area contributed by atoms with E-state index in [9.17, 15) is 9.59 Å². The topological polar surface area (TPSA) is 58.6 Å². The summed E-state index contributed by atoms with van der Waals surface area (Å²) in [5.41, 5.74) is 0.593. The van der Waals surface area contributed by atoms with Gasteiger partial charge >= 0.3 is 6.09 Å². The van der Waals surface area contributed by atoms with Crippen LogP contribution in [0.25, 0.3) is 0 Å². The van der Waals surface area contributed by atoms with Crippen molar-refractivity contribution in [3.63, 3.8) is 0 Å². The summed E-state index contributed by atoms with van der Waals surface area (Å²) in [5.74, 6) is 1.04. The number of rotatable bonds is 2. The van der Waals surface area contributed by atoms with Gasteiger partial charge in [0.2, 0.25) is 0 Å². The van der Waals surface area contributed by atoms with Gasteiger partial charge in [-0.25, -0.2) is 4.79 Å². The summed E-state index contributed by atoms with van der Waals surface area (Å²) in [7, 11) is 0. The highest BCUT2D eigenvalue weighted by Crippen LogP contribution is 2.23. The maximum atomic E-state index is 12.7. The van der Waals surface area contributed by atoms with Crippen LogP contribution in [0.4, 0.5) is 10.5 Å². The number of anilines is 1. The van der Waals surface area contributed by atoms with Gasteiger partial charge in [-0.2, -0.15) is 0 Å². The number of hydrogen-bond acceptors (Lipinski definition) is 3. The first-order chi connectivity index (χ1) is 11.1. The van der Waals surface area contributed by atoms with Crippen LogP contribution in [0.3, 0.4) is 0 Å². The lowest BCUT2D eigenvalue weighted by atomic mass is 9.91. The van der Waals surface area contributed by atoms with Crippen LogP contribution in [0, 0.1) is 11.8 Å². The van der Waals surface area contributed by atoms with Crippen LogP contribution in [0.5, 0.6) is 0 Å². The molecule has 1 N–H and O–H groups in total. The number of ether oxygens (including phenoxy) is 1. The largest absolute Gasteiger partial charge is 0.444 e. The predicted octanol–water partition coefficient (Wildman–Crippen LogP) is 4.15. The van der Waals surface area contributed by atoms with E-state index in [4.69, 9.17) is 4.74 Å². The number of benzene rings is 1. The lowest BCUT2D eigenvalue weighted by Crippen LogP contribution is -2.42. The zero-order valence-electron chi connectivity index (χ0n) is 15.3. The molecule has 0 radical (unpaired) electrons. The molecule has 132 valence electrons. The summed E-state index contributed by atoms with van der Waals surface area (Å²) in [5, 5.41) is 2.68. The van der Waals surface area contributed by atoms with Crippen molar-refractivity contribution in [2.75, 3.05) is 18.4 Å². The number of piperidine rings is 1. The van der Waals surface area contributed by atoms with E-state index in [1.807, 2.05) is 25.7 Å². The number of carbonyl (C=O) groups excluding carboxylic acids is 2. The van der Waals surface area contributed by atoms with Gasteiger partial charge in [-0.05, 0) is 57.2 Å². The molecule has 1 aromatic rings. The number of nitrogens with one attached hydrogen (secondary N) is 1. The second kappa shape index (κ2) is 7.24. The van der Waals surface area contributed by atoms with E-state index in [0.29, 0.717) is 23.1 Å². The highest BCUT2D eigenvalue weighted by atomic mass is 16.6. The zero-order valence-corrected chi connectivity index (χ0v) is 15.3. The van der Waals surface area contributed by atoms with Crippen LogP contribution >= 0.6 is 0 Å². The summed E-state index contributed by atoms with van der Waals surface area (Å²) in [6.45, 7) is 11.4. The Labute approximate surface area is 144 Å². The van der Waals surface area contributed by atoms with E-state index in [1.165, 1.54) is 0 Å². The number of nitrogens with zero attached hydrogens (tertiary/aromatic N) is 1. The van der Waals surface area contributed by atoms with Gasteiger partial charge in [0.25, 0.3) is 5.91 Å². The average molecular weight is 332 g/mol. The van der Waals surface area contributed by atoms with Crippen molar-refractivity contribution >= 4 is 17.7 Å². The van der Waals surface area contributed by atoms with Crippen molar-refractivity contribution in [1.29, 1.82) is 0 Å². The Morgan fingerprint density at radius 1 is 1.17 bits per heavy atom. The normalized spacial score (nSPS) is 21.3. The molecule has 0 bridgehead atoms. The van der Waals surface area contributed by atoms with Gasteiger partial charge in [0.15, 0.2) is 0 Å². The molecule has 24 heavy (non-hydrogen) atoms. The monoisotopic (exact) mass is 332 g/mol. The fraction of sp³-hybridized carbons (Fsp3) is 0.579. The molecular weight excluding hydrogens is 304 g/mol. The summed E-state index contributed by atoms with van der Waals surface area (Å²) < 4.78 is 5.24. The van der Waals surface area contributed by atoms with E-state index in [-0.39, 0.29) is 5.91 Å². The Hall–Kier alpha value is -2.04. The average Bonchev–Trinajstić information content (AvgIpc) is 2.43. The van der Waals surface area contributed by atoms with E-state index < -0.39 is 11.7 Å². The van der Waals surface area contributed by atoms with Crippen LogP contribution in [0.1, 0.15) is 51.4 Å². The van der Waals surface area contributed by atoms with Crippen molar-refractivity contribution in [2.45, 2.75) is 46.6 Å². The molecule has 1 fully saturated rings. The first-order valence-electron chi connectivity index (χ1n) is 8.53. The molecule has 1 aliphatic heterocycles. The highest BCUT2D eigenvalue weighted by molar-refractivity contribution is 5.96. The number of carbonyl (C=O) groups is 2. The van der Waals surface area contributed by atoms with E-state index >= 15 is 0 Å². The van der Waals surface area contributed by atoms with Crippen LogP contribution in [-0.2, 0) is 4.74 Å². The third-order valence-electron chi connectivity index (χ3n) is 3.91. The molecule has 2 rings (SSSR count). The van der Waals surface area contributed by atoms with Crippen molar-refractivity contribution in [3.05, 3.63) is 29.8 Å². The van der Waals surface area contributed by atoms with Gasteiger partial charge in [-0.1, -0.05) is 19.9 Å². The zero-order chi connectivity index (χ0) is 17.9. The quantitative estimate of drug-likeness (QED) is 0.885. The Balaban J connectivity index is 2.06. The van der Waals surface area contributed by atoms with Crippen molar-refractivity contribution in [1.82, 2.24) is 4.90 Å². The second-order valence-corrected chi connectivity index (χ2v) is 7.86. The molecule has 5 heteroatoms. The van der Waals surface area contributed by atoms with Crippen molar-refractivity contribution in [2.24, 2.45) is 11.8 Å². The molecule has 0 unspecified atom stereocenters. The van der Waals surface area contributed by atoms with E-state index in [1.54, 1.807) is 24.3 Å². The van der Waals surface area contributed by atoms with Gasteiger partial charge in [-0.15, -0.1) is 0 Å². The molecule has 2 atom stereocenters. The lowest BCUT2D eigenvalue weighted by molar-refractivity contribution is 0.0617. The Bertz CT molecular complexity index is 597. The molecule has 5 nitrogen and oxygen atoms in total. The SMILES string of the molecule is C[C@@H]1C[C@@H](C)CN(C(=O)c2cccc(NC(=O)OC(C)(C)C)c2)C1. The molecule has 0 aromatic heterocycles. The molecule has 1 aromatic carbocycles. The summed E-state index contributed by atoms with van der Waals surface area (Å²) in [6, 6.07) is 7.02. The summed E-state index contributed by atoms with van der Waals surface area (Å²) in [4.78, 5) is 26.5. The van der Waals surface area contributed by atoms with Crippen LogP contribution in [0.2, 0.25) is 0 Å². The summed E-state index contributed by atoms with van der Waals surface area (Å²) >= 11 is 0. The van der Waals surface area contributed by atoms with Crippen LogP contribution in [-0.4, -0.2) is 35.6 Å². The third kappa shape index (κ3) is 5.25. The molecule has 1 saturated heterocycles. The molecule has 0 spiro atoms. The Morgan fingerprint density at radius 3 is 2.38 bits per heavy atom. The standard InChI is InChI=1S/C19H28N2O3/c1-13-9-14(2)12-21(11-13)17(22)15-7-6-8-16(10-15)20-18(23)24-19(3,4)5/h6-8,10,13-14H,9,11-12H2,1-5H3,(H,20,23)/t13-,14-/m1/s1. The second-order valence-electron chi connectivity index (χ2n) is 7.86. The van der Waals surface area contributed by atoms with E-state index in [2.05, 4.69) is 19.2 Å². The third-order valence-corrected chi connectivity index (χ3v) is 3.91. The Morgan fingerprint density at radius 2 is 1.79 bits per heavy atom. The minimum absolute atomic E-state index is 0.0150. The highest BCUT2D eigenvalue weighted by Gasteiger charge is 2.26. The smallest absolute Gasteiger partial charge is 0.412 e. The van der Waals surface area contributed by atoms with Gasteiger partial charge < -0.3 is 9.64 Å². The van der Waals surface area contributed by atoms with Crippen LogP contribution < -0.4 is 5.32 Å². The molecular formula is C19H28N2O3.